The lowest BCUT2D eigenvalue weighted by molar-refractivity contribution is -0.138. The van der Waals surface area contributed by atoms with E-state index in [0.717, 1.165) is 0 Å². The second-order valence-electron chi connectivity index (χ2n) is 4.66. The summed E-state index contributed by atoms with van der Waals surface area (Å²) in [4.78, 5) is 10.8. The van der Waals surface area contributed by atoms with Crippen LogP contribution in [0.5, 0.6) is 0 Å². The molecule has 0 aliphatic rings. The maximum atomic E-state index is 11.7. The largest absolute Gasteiger partial charge is 0.481 e. The maximum absolute atomic E-state index is 11.7. The number of rotatable bonds is 5. The van der Waals surface area contributed by atoms with Crippen molar-refractivity contribution in [1.29, 1.82) is 0 Å². The van der Waals surface area contributed by atoms with Crippen molar-refractivity contribution in [3.8, 4) is 0 Å². The zero-order valence-electron chi connectivity index (χ0n) is 10.8. The zero-order valence-corrected chi connectivity index (χ0v) is 11.6. The molecule has 1 aromatic carbocycles. The van der Waals surface area contributed by atoms with Crippen LogP contribution in [0.15, 0.2) is 24.3 Å². The number of aliphatic carboxylic acids is 1. The molecule has 1 atom stereocenters. The van der Waals surface area contributed by atoms with Crippen LogP contribution in [0.4, 0.5) is 0 Å². The van der Waals surface area contributed by atoms with Crippen LogP contribution in [0.1, 0.15) is 37.8 Å². The van der Waals surface area contributed by atoms with Gasteiger partial charge in [0, 0.05) is 0 Å². The zero-order chi connectivity index (χ0) is 13.9. The Labute approximate surface area is 108 Å². The second-order valence-corrected chi connectivity index (χ2v) is 7.21. The molecule has 0 heterocycles. The van der Waals surface area contributed by atoms with Crippen LogP contribution < -0.4 is 0 Å². The van der Waals surface area contributed by atoms with Crippen molar-refractivity contribution >= 4 is 15.8 Å². The predicted octanol–water partition coefficient (Wildman–Crippen LogP) is 2.20. The van der Waals surface area contributed by atoms with Crippen molar-refractivity contribution in [2.45, 2.75) is 37.7 Å². The van der Waals surface area contributed by atoms with Gasteiger partial charge in [0.1, 0.15) is 0 Å². The summed E-state index contributed by atoms with van der Waals surface area (Å²) in [6.07, 6.45) is 0. The summed E-state index contributed by atoms with van der Waals surface area (Å²) in [5.41, 5.74) is 1.36. The molecule has 5 heteroatoms. The van der Waals surface area contributed by atoms with E-state index in [4.69, 9.17) is 5.11 Å². The van der Waals surface area contributed by atoms with Crippen molar-refractivity contribution in [3.05, 3.63) is 35.4 Å². The van der Waals surface area contributed by atoms with Crippen molar-refractivity contribution in [2.24, 2.45) is 0 Å². The highest BCUT2D eigenvalue weighted by molar-refractivity contribution is 7.91. The molecule has 0 aliphatic heterocycles. The molecule has 1 aromatic rings. The van der Waals surface area contributed by atoms with E-state index >= 15 is 0 Å². The molecular formula is C13H18O4S. The van der Waals surface area contributed by atoms with E-state index < -0.39 is 27.0 Å². The quantitative estimate of drug-likeness (QED) is 0.890. The number of hydrogen-bond acceptors (Lipinski definition) is 3. The summed E-state index contributed by atoms with van der Waals surface area (Å²) < 4.78 is 23.5. The van der Waals surface area contributed by atoms with E-state index in [9.17, 15) is 13.2 Å². The molecule has 0 aliphatic carbocycles. The van der Waals surface area contributed by atoms with Crippen LogP contribution in [0.25, 0.3) is 0 Å². The molecule has 1 unspecified atom stereocenters. The molecule has 0 amide bonds. The van der Waals surface area contributed by atoms with Gasteiger partial charge in [0.05, 0.1) is 16.9 Å². The van der Waals surface area contributed by atoms with Gasteiger partial charge < -0.3 is 5.11 Å². The van der Waals surface area contributed by atoms with E-state index in [1.54, 1.807) is 45.0 Å². The number of carbonyl (C=O) groups is 1. The lowest BCUT2D eigenvalue weighted by Gasteiger charge is -2.10. The van der Waals surface area contributed by atoms with Crippen LogP contribution in [-0.4, -0.2) is 24.7 Å². The van der Waals surface area contributed by atoms with Gasteiger partial charge in [-0.05, 0) is 31.9 Å². The molecule has 0 saturated carbocycles. The van der Waals surface area contributed by atoms with Gasteiger partial charge in [-0.15, -0.1) is 0 Å². The minimum Gasteiger partial charge on any atom is -0.481 e. The summed E-state index contributed by atoms with van der Waals surface area (Å²) in [5, 5.41) is 8.46. The molecule has 100 valence electrons. The Hall–Kier alpha value is -1.36. The summed E-state index contributed by atoms with van der Waals surface area (Å²) in [6, 6.07) is 6.69. The third-order valence-electron chi connectivity index (χ3n) is 2.94. The van der Waals surface area contributed by atoms with Gasteiger partial charge in [-0.1, -0.05) is 24.3 Å². The summed E-state index contributed by atoms with van der Waals surface area (Å²) in [5.74, 6) is -1.48. The standard InChI is InChI=1S/C13H18O4S/c1-9(2)18(16,17)8-11-4-6-12(7-5-11)10(3)13(14)15/h4-7,9-10H,8H2,1-3H3,(H,14,15). The average molecular weight is 270 g/mol. The van der Waals surface area contributed by atoms with Gasteiger partial charge in [0.15, 0.2) is 9.84 Å². The van der Waals surface area contributed by atoms with Crippen molar-refractivity contribution in [3.63, 3.8) is 0 Å². The number of carboxylic acids is 1. The van der Waals surface area contributed by atoms with E-state index in [2.05, 4.69) is 0 Å². The molecule has 0 bridgehead atoms. The normalized spacial score (nSPS) is 13.6. The number of benzene rings is 1. The topological polar surface area (TPSA) is 71.4 Å². The van der Waals surface area contributed by atoms with Gasteiger partial charge in [-0.2, -0.15) is 0 Å². The molecule has 0 fully saturated rings. The van der Waals surface area contributed by atoms with E-state index in [1.807, 2.05) is 0 Å². The first-order chi connectivity index (χ1) is 8.24. The average Bonchev–Trinajstić information content (AvgIpc) is 2.28. The monoisotopic (exact) mass is 270 g/mol. The highest BCUT2D eigenvalue weighted by Crippen LogP contribution is 2.18. The van der Waals surface area contributed by atoms with Crippen molar-refractivity contribution in [2.75, 3.05) is 0 Å². The summed E-state index contributed by atoms with van der Waals surface area (Å²) >= 11 is 0. The Morgan fingerprint density at radius 1 is 1.17 bits per heavy atom. The molecule has 18 heavy (non-hydrogen) atoms. The first kappa shape index (κ1) is 14.7. The lowest BCUT2D eigenvalue weighted by Crippen LogP contribution is -2.16. The smallest absolute Gasteiger partial charge is 0.310 e. The Morgan fingerprint density at radius 2 is 1.67 bits per heavy atom. The molecule has 0 radical (unpaired) electrons. The molecule has 0 spiro atoms. The minimum absolute atomic E-state index is 0.00754. The third kappa shape index (κ3) is 3.57. The van der Waals surface area contributed by atoms with Crippen LogP contribution in [0.2, 0.25) is 0 Å². The van der Waals surface area contributed by atoms with E-state index in [-0.39, 0.29) is 5.75 Å². The van der Waals surface area contributed by atoms with Gasteiger partial charge in [-0.25, -0.2) is 8.42 Å². The van der Waals surface area contributed by atoms with Gasteiger partial charge in [-0.3, -0.25) is 4.79 Å². The fraction of sp³-hybridized carbons (Fsp3) is 0.462. The molecule has 1 N–H and O–H groups in total. The fourth-order valence-electron chi connectivity index (χ4n) is 1.44. The fourth-order valence-corrected chi connectivity index (χ4v) is 2.43. The molecule has 1 rings (SSSR count). The maximum Gasteiger partial charge on any atom is 0.310 e. The first-order valence-corrected chi connectivity index (χ1v) is 7.49. The molecular weight excluding hydrogens is 252 g/mol. The Morgan fingerprint density at radius 3 is 2.06 bits per heavy atom. The minimum atomic E-state index is -3.12. The van der Waals surface area contributed by atoms with Crippen LogP contribution >= 0.6 is 0 Å². The molecule has 4 nitrogen and oxygen atoms in total. The highest BCUT2D eigenvalue weighted by Gasteiger charge is 2.17. The van der Waals surface area contributed by atoms with Crippen molar-refractivity contribution < 1.29 is 18.3 Å². The van der Waals surface area contributed by atoms with E-state index in [1.165, 1.54) is 0 Å². The van der Waals surface area contributed by atoms with Gasteiger partial charge in [0.25, 0.3) is 0 Å². The number of sulfone groups is 1. The Kier molecular flexibility index (Phi) is 4.51. The molecule has 0 aromatic heterocycles. The molecule has 0 saturated heterocycles. The van der Waals surface area contributed by atoms with Gasteiger partial charge in [0.2, 0.25) is 0 Å². The second kappa shape index (κ2) is 5.52. The Bertz CT molecular complexity index is 514. The van der Waals surface area contributed by atoms with Crippen molar-refractivity contribution in [1.82, 2.24) is 0 Å². The highest BCUT2D eigenvalue weighted by atomic mass is 32.2. The van der Waals surface area contributed by atoms with Crippen LogP contribution in [-0.2, 0) is 20.4 Å². The van der Waals surface area contributed by atoms with Crippen LogP contribution in [0, 0.1) is 0 Å². The third-order valence-corrected chi connectivity index (χ3v) is 5.11. The Balaban J connectivity index is 2.88. The number of carboxylic acid groups (broad SMARTS) is 1. The predicted molar refractivity (Wildman–Crippen MR) is 70.3 cm³/mol. The summed E-state index contributed by atoms with van der Waals surface area (Å²) in [6.45, 7) is 4.90. The van der Waals surface area contributed by atoms with Crippen LogP contribution in [0.3, 0.4) is 0 Å². The SMILES string of the molecule is CC(C(=O)O)c1ccc(CS(=O)(=O)C(C)C)cc1. The lowest BCUT2D eigenvalue weighted by atomic mass is 10.0. The first-order valence-electron chi connectivity index (χ1n) is 5.77. The number of hydrogen-bond donors (Lipinski definition) is 1. The van der Waals surface area contributed by atoms with Gasteiger partial charge >= 0.3 is 5.97 Å². The summed E-state index contributed by atoms with van der Waals surface area (Å²) in [7, 11) is -3.12. The van der Waals surface area contributed by atoms with E-state index in [0.29, 0.717) is 11.1 Å².